The Labute approximate surface area is 184 Å². The van der Waals surface area contributed by atoms with Gasteiger partial charge in [0.25, 0.3) is 0 Å². The minimum atomic E-state index is -1.11. The Kier molecular flexibility index (Phi) is 6.30. The molecule has 32 heavy (non-hydrogen) atoms. The molecule has 0 saturated heterocycles. The summed E-state index contributed by atoms with van der Waals surface area (Å²) in [6.45, 7) is -0.480. The summed E-state index contributed by atoms with van der Waals surface area (Å²) in [5.41, 5.74) is 2.32. The van der Waals surface area contributed by atoms with Gasteiger partial charge < -0.3 is 14.7 Å². The number of Topliss-reactive ketones (excluding diaryl/α,β-unsaturated/α-hetero) is 2. The van der Waals surface area contributed by atoms with Crippen LogP contribution in [0.4, 0.5) is 0 Å². The zero-order valence-electron chi connectivity index (χ0n) is 17.5. The Morgan fingerprint density at radius 1 is 1.09 bits per heavy atom. The number of carbonyl (C=O) groups excluding carboxylic acids is 2. The van der Waals surface area contributed by atoms with Gasteiger partial charge in [0, 0.05) is 32.1 Å². The third-order valence-electron chi connectivity index (χ3n) is 5.92. The van der Waals surface area contributed by atoms with Crippen LogP contribution in [0.15, 0.2) is 51.2 Å². The predicted molar refractivity (Wildman–Crippen MR) is 115 cm³/mol. The maximum atomic E-state index is 13.0. The number of aliphatic imine (C=N–C) groups is 1. The summed E-state index contributed by atoms with van der Waals surface area (Å²) in [7, 11) is 0. The highest BCUT2D eigenvalue weighted by Gasteiger charge is 2.33. The second-order valence-electron chi connectivity index (χ2n) is 8.12. The quantitative estimate of drug-likeness (QED) is 0.522. The molecule has 0 radical (unpaired) electrons. The number of nitrogens with zero attached hydrogens (tertiary/aromatic N) is 2. The van der Waals surface area contributed by atoms with E-state index < -0.39 is 12.5 Å². The van der Waals surface area contributed by atoms with Gasteiger partial charge in [-0.3, -0.25) is 19.4 Å². The number of fused-ring (bicyclic) bond motifs is 1. The zero-order chi connectivity index (χ0) is 22.7. The number of hydrogen-bond donors (Lipinski definition) is 2. The van der Waals surface area contributed by atoms with Crippen LogP contribution in [-0.2, 0) is 22.4 Å². The molecule has 0 amide bonds. The topological polar surface area (TPSA) is 130 Å². The van der Waals surface area contributed by atoms with E-state index in [0.717, 1.165) is 12.0 Å². The zero-order valence-corrected chi connectivity index (χ0v) is 17.5. The maximum absolute atomic E-state index is 13.0. The van der Waals surface area contributed by atoms with E-state index >= 15 is 0 Å². The van der Waals surface area contributed by atoms with Crippen molar-refractivity contribution in [1.29, 1.82) is 0 Å². The van der Waals surface area contributed by atoms with Crippen LogP contribution < -0.4 is 0 Å². The number of carboxylic acids is 1. The first kappa shape index (κ1) is 21.7. The number of carboxylic acid groups (broad SMARTS) is 1. The van der Waals surface area contributed by atoms with Crippen LogP contribution in [0, 0.1) is 0 Å². The lowest BCUT2D eigenvalue weighted by Crippen LogP contribution is -2.27. The van der Waals surface area contributed by atoms with Crippen LogP contribution in [0.3, 0.4) is 0 Å². The van der Waals surface area contributed by atoms with E-state index in [-0.39, 0.29) is 48.1 Å². The molecule has 1 unspecified atom stereocenters. The van der Waals surface area contributed by atoms with Gasteiger partial charge in [-0.15, -0.1) is 0 Å². The number of hydrogen-bond acceptors (Lipinski definition) is 7. The van der Waals surface area contributed by atoms with Crippen molar-refractivity contribution in [1.82, 2.24) is 5.16 Å². The molecule has 8 heteroatoms. The van der Waals surface area contributed by atoms with Crippen LogP contribution in [-0.4, -0.2) is 45.2 Å². The van der Waals surface area contributed by atoms with Crippen LogP contribution in [0.5, 0.6) is 0 Å². The number of ketones is 2. The normalized spacial score (nSPS) is 21.5. The molecule has 1 saturated carbocycles. The molecule has 1 fully saturated rings. The first-order valence-electron chi connectivity index (χ1n) is 10.7. The van der Waals surface area contributed by atoms with Gasteiger partial charge in [0.15, 0.2) is 11.6 Å². The fraction of sp³-hybridized carbons (Fsp3) is 0.375. The van der Waals surface area contributed by atoms with Crippen LogP contribution >= 0.6 is 0 Å². The predicted octanol–water partition coefficient (Wildman–Crippen LogP) is 3.61. The molecule has 0 bridgehead atoms. The van der Waals surface area contributed by atoms with E-state index in [2.05, 4.69) is 10.1 Å². The van der Waals surface area contributed by atoms with E-state index in [4.69, 9.17) is 9.63 Å². The number of aromatic nitrogens is 1. The molecular formula is C24H24N2O6. The number of rotatable bonds is 6. The van der Waals surface area contributed by atoms with Gasteiger partial charge in [-0.05, 0) is 24.3 Å². The van der Waals surface area contributed by atoms with E-state index in [1.54, 1.807) is 0 Å². The van der Waals surface area contributed by atoms with Crippen LogP contribution in [0.2, 0.25) is 0 Å². The fourth-order valence-corrected chi connectivity index (χ4v) is 4.41. The summed E-state index contributed by atoms with van der Waals surface area (Å²) in [5.74, 6) is -1.12. The van der Waals surface area contributed by atoms with Gasteiger partial charge >= 0.3 is 5.97 Å². The van der Waals surface area contributed by atoms with Crippen molar-refractivity contribution in [2.45, 2.75) is 50.9 Å². The van der Waals surface area contributed by atoms with E-state index in [9.17, 15) is 19.5 Å². The molecule has 0 spiro atoms. The molecule has 2 aliphatic rings. The Morgan fingerprint density at radius 3 is 2.62 bits per heavy atom. The Morgan fingerprint density at radius 2 is 1.88 bits per heavy atom. The molecule has 1 aromatic heterocycles. The lowest BCUT2D eigenvalue weighted by molar-refractivity contribution is -0.135. The molecule has 0 aliphatic heterocycles. The smallest absolute Gasteiger partial charge is 0.325 e. The summed E-state index contributed by atoms with van der Waals surface area (Å²) in [4.78, 5) is 40.4. The van der Waals surface area contributed by atoms with Gasteiger partial charge in [0.05, 0.1) is 22.5 Å². The minimum absolute atomic E-state index is 0.0159. The first-order valence-corrected chi connectivity index (χ1v) is 10.7. The van der Waals surface area contributed by atoms with Crippen LogP contribution in [0.1, 0.15) is 65.4 Å². The average Bonchev–Trinajstić information content (AvgIpc) is 3.20. The number of benzene rings is 1. The van der Waals surface area contributed by atoms with Crippen molar-refractivity contribution in [2.24, 2.45) is 4.99 Å². The number of allylic oxidation sites excluding steroid dienone is 2. The Bertz CT molecular complexity index is 1110. The van der Waals surface area contributed by atoms with Crippen molar-refractivity contribution in [2.75, 3.05) is 6.54 Å². The summed E-state index contributed by atoms with van der Waals surface area (Å²) in [6.07, 6.45) is 2.72. The Hall–Kier alpha value is -3.55. The van der Waals surface area contributed by atoms with Crippen molar-refractivity contribution in [3.63, 3.8) is 0 Å². The molecule has 2 aromatic rings. The van der Waals surface area contributed by atoms with E-state index in [0.29, 0.717) is 42.0 Å². The SMILES string of the molecule is O=C(O)CN=C1CC(c2ccccc2)CC(=O)C1=C(O)CCc1noc2c1C(=O)CCC2. The van der Waals surface area contributed by atoms with E-state index in [1.165, 1.54) is 0 Å². The molecule has 166 valence electrons. The minimum Gasteiger partial charge on any atom is -0.511 e. The second-order valence-corrected chi connectivity index (χ2v) is 8.12. The van der Waals surface area contributed by atoms with Crippen molar-refractivity contribution in [3.8, 4) is 0 Å². The lowest BCUT2D eigenvalue weighted by Gasteiger charge is -2.26. The number of aliphatic hydroxyl groups is 1. The number of aliphatic carboxylic acids is 1. The van der Waals surface area contributed by atoms with E-state index in [1.807, 2.05) is 30.3 Å². The summed E-state index contributed by atoms with van der Waals surface area (Å²) < 4.78 is 5.28. The lowest BCUT2D eigenvalue weighted by atomic mass is 9.78. The highest BCUT2D eigenvalue weighted by Crippen LogP contribution is 2.34. The average molecular weight is 436 g/mol. The van der Waals surface area contributed by atoms with Crippen molar-refractivity contribution >= 4 is 23.2 Å². The molecule has 1 aromatic carbocycles. The number of aryl methyl sites for hydroxylation is 2. The molecule has 4 rings (SSSR count). The van der Waals surface area contributed by atoms with Crippen LogP contribution in [0.25, 0.3) is 0 Å². The third-order valence-corrected chi connectivity index (χ3v) is 5.92. The van der Waals surface area contributed by atoms with Gasteiger partial charge in [-0.1, -0.05) is 35.5 Å². The van der Waals surface area contributed by atoms with Crippen molar-refractivity contribution in [3.05, 3.63) is 64.2 Å². The summed E-state index contributed by atoms with van der Waals surface area (Å²) in [6, 6.07) is 9.50. The van der Waals surface area contributed by atoms with Crippen molar-refractivity contribution < 1.29 is 29.1 Å². The maximum Gasteiger partial charge on any atom is 0.325 e. The molecule has 1 heterocycles. The van der Waals surface area contributed by atoms with Gasteiger partial charge in [0.2, 0.25) is 0 Å². The number of carbonyl (C=O) groups is 3. The molecule has 2 N–H and O–H groups in total. The highest BCUT2D eigenvalue weighted by molar-refractivity contribution is 6.25. The monoisotopic (exact) mass is 436 g/mol. The summed E-state index contributed by atoms with van der Waals surface area (Å²) in [5, 5.41) is 23.8. The first-order chi connectivity index (χ1) is 15.4. The number of aliphatic hydroxyl groups excluding tert-OH is 1. The van der Waals surface area contributed by atoms with Gasteiger partial charge in [0.1, 0.15) is 18.1 Å². The molecule has 8 nitrogen and oxygen atoms in total. The second kappa shape index (κ2) is 9.30. The molecular weight excluding hydrogens is 412 g/mol. The third kappa shape index (κ3) is 4.54. The molecule has 1 atom stereocenters. The highest BCUT2D eigenvalue weighted by atomic mass is 16.5. The molecule has 2 aliphatic carbocycles. The fourth-order valence-electron chi connectivity index (χ4n) is 4.41. The van der Waals surface area contributed by atoms with Gasteiger partial charge in [-0.25, -0.2) is 0 Å². The summed E-state index contributed by atoms with van der Waals surface area (Å²) >= 11 is 0. The standard InChI is InChI=1S/C24H24N2O6/c27-18-7-4-8-21-24(18)16(26-32-21)9-10-19(28)23-17(25-13-22(30)31)11-15(12-20(23)29)14-5-2-1-3-6-14/h1-3,5-6,15,28H,4,7-13H2,(H,30,31). The largest absolute Gasteiger partial charge is 0.511 e. The van der Waals surface area contributed by atoms with Gasteiger partial charge in [-0.2, -0.15) is 0 Å². The Balaban J connectivity index is 1.59.